The molecule has 1 atom stereocenters. The lowest BCUT2D eigenvalue weighted by Crippen LogP contribution is -2.38. The molecule has 0 saturated heterocycles. The fraction of sp³-hybridized carbons (Fsp3) is 0.278. The van der Waals surface area contributed by atoms with Crippen LogP contribution in [0.4, 0.5) is 0 Å². The van der Waals surface area contributed by atoms with Gasteiger partial charge in [-0.25, -0.2) is 4.99 Å². The van der Waals surface area contributed by atoms with Gasteiger partial charge in [-0.1, -0.05) is 42.5 Å². The Morgan fingerprint density at radius 2 is 1.77 bits per heavy atom. The third kappa shape index (κ3) is 4.81. The van der Waals surface area contributed by atoms with Gasteiger partial charge in [0.05, 0.1) is 12.6 Å². The van der Waals surface area contributed by atoms with Crippen molar-refractivity contribution >= 4 is 5.96 Å². The molecular formula is C18H23N3O. The minimum absolute atomic E-state index is 0.179. The summed E-state index contributed by atoms with van der Waals surface area (Å²) >= 11 is 0. The van der Waals surface area contributed by atoms with Gasteiger partial charge in [-0.3, -0.25) is 0 Å². The van der Waals surface area contributed by atoms with Gasteiger partial charge >= 0.3 is 0 Å². The van der Waals surface area contributed by atoms with E-state index in [1.807, 2.05) is 37.3 Å². The number of nitrogens with zero attached hydrogens (tertiary/aromatic N) is 1. The van der Waals surface area contributed by atoms with Crippen LogP contribution in [-0.4, -0.2) is 17.6 Å². The quantitative estimate of drug-likeness (QED) is 0.587. The molecular weight excluding hydrogens is 274 g/mol. The highest BCUT2D eigenvalue weighted by Gasteiger charge is 2.06. The summed E-state index contributed by atoms with van der Waals surface area (Å²) in [4.78, 5) is 4.59. The van der Waals surface area contributed by atoms with Crippen molar-refractivity contribution < 1.29 is 5.11 Å². The first-order valence-electron chi connectivity index (χ1n) is 7.56. The van der Waals surface area contributed by atoms with Crippen LogP contribution in [0.1, 0.15) is 31.0 Å². The molecule has 4 heteroatoms. The molecule has 1 unspecified atom stereocenters. The molecule has 4 nitrogen and oxygen atoms in total. The average molecular weight is 297 g/mol. The molecule has 0 heterocycles. The number of guanidine groups is 1. The zero-order valence-electron chi connectivity index (χ0n) is 13.1. The second-order valence-corrected chi connectivity index (χ2v) is 5.14. The Hall–Kier alpha value is -2.49. The van der Waals surface area contributed by atoms with Crippen LogP contribution < -0.4 is 10.6 Å². The van der Waals surface area contributed by atoms with E-state index >= 15 is 0 Å². The lowest BCUT2D eigenvalue weighted by atomic mass is 10.1. The number of nitrogens with one attached hydrogen (secondary N) is 2. The van der Waals surface area contributed by atoms with E-state index in [1.54, 1.807) is 12.1 Å². The van der Waals surface area contributed by atoms with E-state index < -0.39 is 0 Å². The predicted molar refractivity (Wildman–Crippen MR) is 90.9 cm³/mol. The summed E-state index contributed by atoms with van der Waals surface area (Å²) < 4.78 is 0. The van der Waals surface area contributed by atoms with Crippen molar-refractivity contribution in [1.29, 1.82) is 0 Å². The highest BCUT2D eigenvalue weighted by Crippen LogP contribution is 2.12. The van der Waals surface area contributed by atoms with Gasteiger partial charge in [0.2, 0.25) is 0 Å². The monoisotopic (exact) mass is 297 g/mol. The summed E-state index contributed by atoms with van der Waals surface area (Å²) in [5, 5.41) is 16.0. The number of hydrogen-bond acceptors (Lipinski definition) is 2. The highest BCUT2D eigenvalue weighted by atomic mass is 16.3. The number of rotatable bonds is 5. The van der Waals surface area contributed by atoms with E-state index in [0.717, 1.165) is 18.1 Å². The molecule has 0 bridgehead atoms. The Morgan fingerprint density at radius 1 is 1.09 bits per heavy atom. The van der Waals surface area contributed by atoms with Crippen LogP contribution in [0, 0.1) is 0 Å². The minimum Gasteiger partial charge on any atom is -0.508 e. The zero-order valence-corrected chi connectivity index (χ0v) is 13.1. The summed E-state index contributed by atoms with van der Waals surface area (Å²) in [5.74, 6) is 1.06. The number of aliphatic imine (C=N–C) groups is 1. The van der Waals surface area contributed by atoms with Crippen LogP contribution in [0.25, 0.3) is 0 Å². The standard InChI is InChI=1S/C18H23N3O/c1-3-19-18(20-13-15-9-11-17(22)12-10-15)21-14(2)16-7-5-4-6-8-16/h4-12,14,22H,3,13H2,1-2H3,(H2,19,20,21). The second-order valence-electron chi connectivity index (χ2n) is 5.14. The molecule has 2 rings (SSSR count). The molecule has 0 aromatic heterocycles. The van der Waals surface area contributed by atoms with Gasteiger partial charge in [-0.2, -0.15) is 0 Å². The Morgan fingerprint density at radius 3 is 2.41 bits per heavy atom. The Balaban J connectivity index is 2.02. The van der Waals surface area contributed by atoms with E-state index in [4.69, 9.17) is 0 Å². The van der Waals surface area contributed by atoms with Gasteiger partial charge in [0.15, 0.2) is 5.96 Å². The van der Waals surface area contributed by atoms with Crippen molar-refractivity contribution in [2.24, 2.45) is 4.99 Å². The molecule has 0 radical (unpaired) electrons. The Bertz CT molecular complexity index is 593. The van der Waals surface area contributed by atoms with Crippen molar-refractivity contribution in [2.75, 3.05) is 6.54 Å². The van der Waals surface area contributed by atoms with Crippen molar-refractivity contribution in [3.8, 4) is 5.75 Å². The van der Waals surface area contributed by atoms with Gasteiger partial charge in [0.1, 0.15) is 5.75 Å². The average Bonchev–Trinajstić information content (AvgIpc) is 2.55. The largest absolute Gasteiger partial charge is 0.508 e. The number of phenolic OH excluding ortho intramolecular Hbond substituents is 1. The summed E-state index contributed by atoms with van der Waals surface area (Å²) in [6, 6.07) is 17.6. The SMILES string of the molecule is CCNC(=NCc1ccc(O)cc1)NC(C)c1ccccc1. The summed E-state index contributed by atoms with van der Waals surface area (Å²) in [6.45, 7) is 5.54. The van der Waals surface area contributed by atoms with E-state index in [-0.39, 0.29) is 11.8 Å². The molecule has 116 valence electrons. The van der Waals surface area contributed by atoms with Crippen LogP contribution in [0.15, 0.2) is 59.6 Å². The number of aromatic hydroxyl groups is 1. The highest BCUT2D eigenvalue weighted by molar-refractivity contribution is 5.80. The summed E-state index contributed by atoms with van der Waals surface area (Å²) in [7, 11) is 0. The van der Waals surface area contributed by atoms with E-state index in [0.29, 0.717) is 6.54 Å². The normalized spacial score (nSPS) is 12.7. The molecule has 0 amide bonds. The fourth-order valence-corrected chi connectivity index (χ4v) is 2.12. The van der Waals surface area contributed by atoms with Gasteiger partial charge < -0.3 is 15.7 Å². The molecule has 0 aliphatic heterocycles. The maximum absolute atomic E-state index is 9.30. The van der Waals surface area contributed by atoms with E-state index in [9.17, 15) is 5.11 Å². The van der Waals surface area contributed by atoms with Crippen LogP contribution in [0.2, 0.25) is 0 Å². The Kier molecular flexibility index (Phi) is 5.83. The van der Waals surface area contributed by atoms with Gasteiger partial charge in [0.25, 0.3) is 0 Å². The summed E-state index contributed by atoms with van der Waals surface area (Å²) in [5.41, 5.74) is 2.28. The van der Waals surface area contributed by atoms with Crippen LogP contribution >= 0.6 is 0 Å². The smallest absolute Gasteiger partial charge is 0.192 e. The topological polar surface area (TPSA) is 56.7 Å². The Labute approximate surface area is 131 Å². The first-order valence-corrected chi connectivity index (χ1v) is 7.56. The minimum atomic E-state index is 0.179. The van der Waals surface area contributed by atoms with Gasteiger partial charge in [-0.15, -0.1) is 0 Å². The molecule has 2 aromatic rings. The lowest BCUT2D eigenvalue weighted by Gasteiger charge is -2.18. The fourth-order valence-electron chi connectivity index (χ4n) is 2.12. The van der Waals surface area contributed by atoms with Gasteiger partial charge in [-0.05, 0) is 37.1 Å². The number of benzene rings is 2. The van der Waals surface area contributed by atoms with Crippen LogP contribution in [-0.2, 0) is 6.54 Å². The molecule has 0 aliphatic carbocycles. The van der Waals surface area contributed by atoms with E-state index in [1.165, 1.54) is 5.56 Å². The van der Waals surface area contributed by atoms with Crippen molar-refractivity contribution in [3.05, 3.63) is 65.7 Å². The first kappa shape index (κ1) is 15.9. The molecule has 0 saturated carbocycles. The second kappa shape index (κ2) is 8.08. The molecule has 22 heavy (non-hydrogen) atoms. The molecule has 0 fully saturated rings. The molecule has 2 aromatic carbocycles. The molecule has 0 spiro atoms. The lowest BCUT2D eigenvalue weighted by molar-refractivity contribution is 0.475. The van der Waals surface area contributed by atoms with E-state index in [2.05, 4.69) is 34.7 Å². The predicted octanol–water partition coefficient (Wildman–Crippen LogP) is 3.21. The molecule has 0 aliphatic rings. The third-order valence-corrected chi connectivity index (χ3v) is 3.35. The van der Waals surface area contributed by atoms with Gasteiger partial charge in [0, 0.05) is 6.54 Å². The van der Waals surface area contributed by atoms with Crippen LogP contribution in [0.3, 0.4) is 0 Å². The van der Waals surface area contributed by atoms with Crippen molar-refractivity contribution in [1.82, 2.24) is 10.6 Å². The maximum Gasteiger partial charge on any atom is 0.192 e. The summed E-state index contributed by atoms with van der Waals surface area (Å²) in [6.07, 6.45) is 0. The number of phenols is 1. The number of hydrogen-bond donors (Lipinski definition) is 3. The third-order valence-electron chi connectivity index (χ3n) is 3.35. The zero-order chi connectivity index (χ0) is 15.8. The van der Waals surface area contributed by atoms with Crippen LogP contribution in [0.5, 0.6) is 5.75 Å². The van der Waals surface area contributed by atoms with Crippen molar-refractivity contribution in [2.45, 2.75) is 26.4 Å². The maximum atomic E-state index is 9.30. The van der Waals surface area contributed by atoms with Crippen molar-refractivity contribution in [3.63, 3.8) is 0 Å². The first-order chi connectivity index (χ1) is 10.7. The molecule has 3 N–H and O–H groups in total.